The summed E-state index contributed by atoms with van der Waals surface area (Å²) < 4.78 is 11.7. The third-order valence-electron chi connectivity index (χ3n) is 2.98. The number of fused-ring (bicyclic) bond motifs is 1. The van der Waals surface area contributed by atoms with E-state index in [1.165, 1.54) is 10.8 Å². The summed E-state index contributed by atoms with van der Waals surface area (Å²) in [5.41, 5.74) is 2.14. The van der Waals surface area contributed by atoms with Crippen LogP contribution in [0, 0.1) is 0 Å². The van der Waals surface area contributed by atoms with Gasteiger partial charge in [0.1, 0.15) is 6.33 Å². The van der Waals surface area contributed by atoms with Gasteiger partial charge in [-0.1, -0.05) is 6.07 Å². The molecule has 1 aromatic carbocycles. The largest absolute Gasteiger partial charge is 0.493 e. The average molecular weight is 272 g/mol. The van der Waals surface area contributed by atoms with Crippen LogP contribution >= 0.6 is 0 Å². The monoisotopic (exact) mass is 272 g/mol. The van der Waals surface area contributed by atoms with E-state index in [0.717, 1.165) is 11.1 Å². The zero-order valence-corrected chi connectivity index (χ0v) is 10.9. The Balaban J connectivity index is 2.18. The average Bonchev–Trinajstić information content (AvgIpc) is 2.92. The third-order valence-corrected chi connectivity index (χ3v) is 2.98. The van der Waals surface area contributed by atoms with Crippen molar-refractivity contribution in [1.29, 1.82) is 0 Å². The first kappa shape index (κ1) is 12.2. The van der Waals surface area contributed by atoms with Crippen LogP contribution in [0.3, 0.4) is 0 Å². The predicted molar refractivity (Wildman–Crippen MR) is 71.0 cm³/mol. The summed E-state index contributed by atoms with van der Waals surface area (Å²) in [7, 11) is 3.16. The van der Waals surface area contributed by atoms with Crippen LogP contribution in [0.2, 0.25) is 0 Å². The van der Waals surface area contributed by atoms with E-state index >= 15 is 0 Å². The number of rotatable bonds is 3. The molecule has 7 nitrogen and oxygen atoms in total. The van der Waals surface area contributed by atoms with Gasteiger partial charge in [0.15, 0.2) is 17.1 Å². The molecule has 0 bridgehead atoms. The maximum absolute atomic E-state index is 9.62. The van der Waals surface area contributed by atoms with Gasteiger partial charge in [0.2, 0.25) is 0 Å². The number of ether oxygens (including phenoxy) is 2. The Morgan fingerprint density at radius 2 is 1.90 bits per heavy atom. The molecule has 0 saturated carbocycles. The molecular formula is C13H12N4O3. The van der Waals surface area contributed by atoms with Crippen molar-refractivity contribution in [3.8, 4) is 28.6 Å². The van der Waals surface area contributed by atoms with E-state index < -0.39 is 0 Å². The molecular weight excluding hydrogens is 260 g/mol. The van der Waals surface area contributed by atoms with E-state index in [2.05, 4.69) is 15.1 Å². The maximum atomic E-state index is 9.62. The summed E-state index contributed by atoms with van der Waals surface area (Å²) in [6, 6.07) is 5.30. The fourth-order valence-electron chi connectivity index (χ4n) is 2.01. The summed E-state index contributed by atoms with van der Waals surface area (Å²) >= 11 is 0. The molecule has 1 N–H and O–H groups in total. The topological polar surface area (TPSA) is 81.8 Å². The van der Waals surface area contributed by atoms with Crippen molar-refractivity contribution < 1.29 is 14.6 Å². The molecule has 3 aromatic rings. The van der Waals surface area contributed by atoms with E-state index in [-0.39, 0.29) is 6.01 Å². The van der Waals surface area contributed by atoms with Crippen LogP contribution in [0.15, 0.2) is 30.7 Å². The molecule has 20 heavy (non-hydrogen) atoms. The highest BCUT2D eigenvalue weighted by molar-refractivity contribution is 5.78. The summed E-state index contributed by atoms with van der Waals surface area (Å²) in [5.74, 6) is 1.26. The van der Waals surface area contributed by atoms with Crippen LogP contribution in [0.5, 0.6) is 17.5 Å². The first-order valence-corrected chi connectivity index (χ1v) is 5.84. The van der Waals surface area contributed by atoms with Gasteiger partial charge in [-0.3, -0.25) is 0 Å². The third kappa shape index (κ3) is 1.80. The molecule has 7 heteroatoms. The molecule has 0 radical (unpaired) electrons. The Morgan fingerprint density at radius 1 is 1.10 bits per heavy atom. The molecule has 0 fully saturated rings. The fourth-order valence-corrected chi connectivity index (χ4v) is 2.01. The van der Waals surface area contributed by atoms with Crippen molar-refractivity contribution in [2.75, 3.05) is 14.2 Å². The number of hydrogen-bond donors (Lipinski definition) is 1. The number of hydrogen-bond acceptors (Lipinski definition) is 6. The van der Waals surface area contributed by atoms with E-state index in [4.69, 9.17) is 9.47 Å². The van der Waals surface area contributed by atoms with Crippen molar-refractivity contribution in [2.45, 2.75) is 0 Å². The number of aromatic nitrogens is 4. The standard InChI is InChI=1S/C13H12N4O3/c1-19-10-4-3-8(5-11(10)20-2)9-6-16-17-12(9)14-7-15-13(17)18/h3-7H,1-2H3,(H,14,15,18). The second-order valence-corrected chi connectivity index (χ2v) is 4.04. The molecule has 0 saturated heterocycles. The van der Waals surface area contributed by atoms with Crippen LogP contribution in [-0.4, -0.2) is 38.9 Å². The Bertz CT molecular complexity index is 769. The Morgan fingerprint density at radius 3 is 2.65 bits per heavy atom. The molecule has 0 aliphatic heterocycles. The summed E-state index contributed by atoms with van der Waals surface area (Å²) in [5, 5.41) is 13.7. The van der Waals surface area contributed by atoms with Crippen LogP contribution in [-0.2, 0) is 0 Å². The van der Waals surface area contributed by atoms with Crippen LogP contribution in [0.4, 0.5) is 0 Å². The zero-order valence-electron chi connectivity index (χ0n) is 10.9. The smallest absolute Gasteiger partial charge is 0.318 e. The van der Waals surface area contributed by atoms with Gasteiger partial charge >= 0.3 is 6.01 Å². The maximum Gasteiger partial charge on any atom is 0.318 e. The second kappa shape index (κ2) is 4.69. The van der Waals surface area contributed by atoms with Crippen LogP contribution in [0.25, 0.3) is 16.8 Å². The molecule has 2 aromatic heterocycles. The summed E-state index contributed by atoms with van der Waals surface area (Å²) in [6.07, 6.45) is 2.90. The van der Waals surface area contributed by atoms with Gasteiger partial charge in [-0.05, 0) is 17.7 Å². The van der Waals surface area contributed by atoms with Gasteiger partial charge in [-0.2, -0.15) is 14.6 Å². The van der Waals surface area contributed by atoms with Gasteiger partial charge in [-0.25, -0.2) is 4.98 Å². The highest BCUT2D eigenvalue weighted by atomic mass is 16.5. The molecule has 3 rings (SSSR count). The molecule has 0 unspecified atom stereocenters. The van der Waals surface area contributed by atoms with Gasteiger partial charge in [0.25, 0.3) is 0 Å². The van der Waals surface area contributed by atoms with Gasteiger partial charge < -0.3 is 14.6 Å². The molecule has 2 heterocycles. The lowest BCUT2D eigenvalue weighted by molar-refractivity contribution is 0.355. The van der Waals surface area contributed by atoms with Crippen molar-refractivity contribution >= 4 is 5.65 Å². The first-order valence-electron chi connectivity index (χ1n) is 5.84. The molecule has 102 valence electrons. The Labute approximate surface area is 114 Å². The lowest BCUT2D eigenvalue weighted by Gasteiger charge is -2.08. The van der Waals surface area contributed by atoms with E-state index in [9.17, 15) is 5.11 Å². The molecule has 0 aliphatic carbocycles. The highest BCUT2D eigenvalue weighted by Crippen LogP contribution is 2.33. The quantitative estimate of drug-likeness (QED) is 0.778. The predicted octanol–water partition coefficient (Wildman–Crippen LogP) is 1.51. The molecule has 0 atom stereocenters. The van der Waals surface area contributed by atoms with E-state index in [0.29, 0.717) is 17.1 Å². The van der Waals surface area contributed by atoms with Crippen molar-refractivity contribution in [2.24, 2.45) is 0 Å². The van der Waals surface area contributed by atoms with Crippen LogP contribution < -0.4 is 9.47 Å². The van der Waals surface area contributed by atoms with Gasteiger partial charge in [-0.15, -0.1) is 0 Å². The molecule has 0 amide bonds. The zero-order chi connectivity index (χ0) is 14.1. The van der Waals surface area contributed by atoms with Gasteiger partial charge in [0, 0.05) is 5.56 Å². The summed E-state index contributed by atoms with van der Waals surface area (Å²) in [4.78, 5) is 7.81. The number of methoxy groups -OCH3 is 2. The number of aromatic hydroxyl groups is 1. The minimum atomic E-state index is -0.207. The lowest BCUT2D eigenvalue weighted by atomic mass is 10.1. The Kier molecular flexibility index (Phi) is 2.86. The minimum Gasteiger partial charge on any atom is -0.493 e. The van der Waals surface area contributed by atoms with E-state index in [1.807, 2.05) is 12.1 Å². The summed E-state index contributed by atoms with van der Waals surface area (Å²) in [6.45, 7) is 0. The highest BCUT2D eigenvalue weighted by Gasteiger charge is 2.13. The first-order chi connectivity index (χ1) is 9.74. The van der Waals surface area contributed by atoms with Crippen molar-refractivity contribution in [1.82, 2.24) is 19.6 Å². The molecule has 0 spiro atoms. The van der Waals surface area contributed by atoms with E-state index in [1.54, 1.807) is 26.5 Å². The van der Waals surface area contributed by atoms with Crippen molar-refractivity contribution in [3.63, 3.8) is 0 Å². The molecule has 0 aliphatic rings. The van der Waals surface area contributed by atoms with Gasteiger partial charge in [0.05, 0.1) is 20.4 Å². The number of nitrogens with zero attached hydrogens (tertiary/aromatic N) is 4. The Hall–Kier alpha value is -2.83. The number of benzene rings is 1. The minimum absolute atomic E-state index is 0.207. The van der Waals surface area contributed by atoms with Crippen LogP contribution in [0.1, 0.15) is 0 Å². The normalized spacial score (nSPS) is 10.7. The SMILES string of the molecule is COc1ccc(-c2cnn3c(O)ncnc23)cc1OC. The van der Waals surface area contributed by atoms with Crippen molar-refractivity contribution in [3.05, 3.63) is 30.7 Å². The second-order valence-electron chi connectivity index (χ2n) is 4.04. The fraction of sp³-hybridized carbons (Fsp3) is 0.154. The lowest BCUT2D eigenvalue weighted by Crippen LogP contribution is -1.94.